The van der Waals surface area contributed by atoms with Gasteiger partial charge in [-0.15, -0.1) is 0 Å². The number of imide groups is 1. The van der Waals surface area contributed by atoms with Crippen molar-refractivity contribution in [2.75, 3.05) is 13.2 Å². The van der Waals surface area contributed by atoms with Gasteiger partial charge in [0.1, 0.15) is 18.1 Å². The Morgan fingerprint density at radius 2 is 1.94 bits per heavy atom. The predicted octanol–water partition coefficient (Wildman–Crippen LogP) is 6.51. The summed E-state index contributed by atoms with van der Waals surface area (Å²) in [6, 6.07) is 18.6. The van der Waals surface area contributed by atoms with Crippen LogP contribution in [0.2, 0.25) is 5.02 Å². The van der Waals surface area contributed by atoms with E-state index in [1.807, 2.05) is 61.5 Å². The lowest BCUT2D eigenvalue weighted by Gasteiger charge is -2.13. The highest BCUT2D eigenvalue weighted by molar-refractivity contribution is 8.18. The fourth-order valence-electron chi connectivity index (χ4n) is 2.87. The standard InChI is InChI=1S/C23H18ClNO4S2/c1-15-3-2-4-17(13-15)28-12-11-25-22(26)20(31-23(25)27)14-18-7-10-21(29-18)30-19-8-5-16(24)6-9-19/h2-10,13-14H,11-12H2,1H3/b20-14-. The number of thioether (sulfide) groups is 1. The molecular formula is C23H18ClNO4S2. The minimum Gasteiger partial charge on any atom is -0.492 e. The molecule has 0 N–H and O–H groups in total. The molecule has 8 heteroatoms. The Labute approximate surface area is 193 Å². The summed E-state index contributed by atoms with van der Waals surface area (Å²) in [4.78, 5) is 27.4. The molecule has 1 aliphatic rings. The Balaban J connectivity index is 1.36. The first-order valence-electron chi connectivity index (χ1n) is 9.46. The molecular weight excluding hydrogens is 454 g/mol. The average Bonchev–Trinajstić information content (AvgIpc) is 3.29. The number of carbonyl (C=O) groups is 2. The van der Waals surface area contributed by atoms with E-state index in [4.69, 9.17) is 20.8 Å². The van der Waals surface area contributed by atoms with Crippen LogP contribution in [0, 0.1) is 6.92 Å². The highest BCUT2D eigenvalue weighted by Crippen LogP contribution is 2.34. The zero-order chi connectivity index (χ0) is 21.8. The van der Waals surface area contributed by atoms with Crippen LogP contribution in [0.15, 0.2) is 80.0 Å². The van der Waals surface area contributed by atoms with Crippen LogP contribution in [0.1, 0.15) is 11.3 Å². The van der Waals surface area contributed by atoms with Crippen molar-refractivity contribution in [3.8, 4) is 5.75 Å². The number of furan rings is 1. The first-order chi connectivity index (χ1) is 15.0. The summed E-state index contributed by atoms with van der Waals surface area (Å²) in [5, 5.41) is 1.04. The molecule has 0 atom stereocenters. The second-order valence-electron chi connectivity index (χ2n) is 6.71. The lowest BCUT2D eigenvalue weighted by Crippen LogP contribution is -2.32. The number of ether oxygens (including phenoxy) is 1. The average molecular weight is 472 g/mol. The number of aryl methyl sites for hydroxylation is 1. The molecule has 158 valence electrons. The minimum absolute atomic E-state index is 0.186. The number of hydrogen-bond acceptors (Lipinski definition) is 6. The van der Waals surface area contributed by atoms with Gasteiger partial charge in [-0.25, -0.2) is 0 Å². The zero-order valence-electron chi connectivity index (χ0n) is 16.5. The molecule has 0 bridgehead atoms. The van der Waals surface area contributed by atoms with Gasteiger partial charge in [0, 0.05) is 16.0 Å². The van der Waals surface area contributed by atoms with Crippen molar-refractivity contribution >= 4 is 52.3 Å². The number of amides is 2. The smallest absolute Gasteiger partial charge is 0.293 e. The van der Waals surface area contributed by atoms with Gasteiger partial charge in [-0.1, -0.05) is 35.5 Å². The van der Waals surface area contributed by atoms with Crippen molar-refractivity contribution in [2.45, 2.75) is 16.9 Å². The van der Waals surface area contributed by atoms with E-state index in [1.165, 1.54) is 16.7 Å². The summed E-state index contributed by atoms with van der Waals surface area (Å²) >= 11 is 8.25. The van der Waals surface area contributed by atoms with Gasteiger partial charge in [0.2, 0.25) is 0 Å². The molecule has 1 fully saturated rings. The molecule has 0 spiro atoms. The molecule has 31 heavy (non-hydrogen) atoms. The molecule has 1 aromatic heterocycles. The van der Waals surface area contributed by atoms with E-state index in [2.05, 4.69) is 0 Å². The normalized spacial score (nSPS) is 15.2. The minimum atomic E-state index is -0.342. The maximum Gasteiger partial charge on any atom is 0.293 e. The first-order valence-corrected chi connectivity index (χ1v) is 11.5. The maximum atomic E-state index is 12.6. The number of hydrogen-bond donors (Lipinski definition) is 0. The van der Waals surface area contributed by atoms with E-state index in [9.17, 15) is 9.59 Å². The highest BCUT2D eigenvalue weighted by atomic mass is 35.5. The lowest BCUT2D eigenvalue weighted by atomic mass is 10.2. The monoisotopic (exact) mass is 471 g/mol. The number of halogens is 1. The van der Waals surface area contributed by atoms with E-state index in [0.29, 0.717) is 26.5 Å². The van der Waals surface area contributed by atoms with Crippen LogP contribution >= 0.6 is 35.1 Å². The maximum absolute atomic E-state index is 12.6. The zero-order valence-corrected chi connectivity index (χ0v) is 18.9. The van der Waals surface area contributed by atoms with Crippen LogP contribution < -0.4 is 4.74 Å². The Kier molecular flexibility index (Phi) is 6.75. The number of carbonyl (C=O) groups excluding carboxylic acids is 2. The van der Waals surface area contributed by atoms with Gasteiger partial charge in [-0.05, 0) is 72.8 Å². The third-order valence-corrected chi connectivity index (χ3v) is 6.44. The molecule has 0 saturated carbocycles. The summed E-state index contributed by atoms with van der Waals surface area (Å²) in [6.07, 6.45) is 1.60. The Bertz CT molecular complexity index is 1140. The van der Waals surface area contributed by atoms with Gasteiger partial charge in [-0.2, -0.15) is 0 Å². The summed E-state index contributed by atoms with van der Waals surface area (Å²) in [7, 11) is 0. The molecule has 5 nitrogen and oxygen atoms in total. The van der Waals surface area contributed by atoms with Crippen LogP contribution in [-0.2, 0) is 4.79 Å². The van der Waals surface area contributed by atoms with Crippen molar-refractivity contribution < 1.29 is 18.7 Å². The van der Waals surface area contributed by atoms with Gasteiger partial charge in [0.15, 0.2) is 5.09 Å². The molecule has 1 aliphatic heterocycles. The number of benzene rings is 2. The van der Waals surface area contributed by atoms with Gasteiger partial charge < -0.3 is 9.15 Å². The van der Waals surface area contributed by atoms with Gasteiger partial charge in [-0.3, -0.25) is 14.5 Å². The Morgan fingerprint density at radius 3 is 2.71 bits per heavy atom. The number of nitrogens with zero attached hydrogens (tertiary/aromatic N) is 1. The fraction of sp³-hybridized carbons (Fsp3) is 0.130. The molecule has 2 amide bonds. The van der Waals surface area contributed by atoms with E-state index in [0.717, 1.165) is 22.2 Å². The van der Waals surface area contributed by atoms with E-state index < -0.39 is 0 Å². The van der Waals surface area contributed by atoms with E-state index in [-0.39, 0.29) is 24.3 Å². The van der Waals surface area contributed by atoms with Crippen molar-refractivity contribution in [3.63, 3.8) is 0 Å². The van der Waals surface area contributed by atoms with E-state index in [1.54, 1.807) is 12.1 Å². The van der Waals surface area contributed by atoms with Gasteiger partial charge in [0.05, 0.1) is 11.4 Å². The lowest BCUT2D eigenvalue weighted by molar-refractivity contribution is -0.123. The summed E-state index contributed by atoms with van der Waals surface area (Å²) in [6.45, 7) is 2.39. The number of rotatable bonds is 7. The van der Waals surface area contributed by atoms with Crippen molar-refractivity contribution in [1.82, 2.24) is 4.90 Å². The van der Waals surface area contributed by atoms with Crippen LogP contribution in [0.25, 0.3) is 6.08 Å². The third kappa shape index (κ3) is 5.55. The molecule has 2 aromatic carbocycles. The SMILES string of the molecule is Cc1cccc(OCCN2C(=O)S/C(=C\c3ccc(Sc4ccc(Cl)cc4)o3)C2=O)c1. The van der Waals surface area contributed by atoms with Crippen molar-refractivity contribution in [1.29, 1.82) is 0 Å². The first kappa shape index (κ1) is 21.6. The molecule has 0 radical (unpaired) electrons. The second-order valence-corrected chi connectivity index (χ2v) is 9.22. The quantitative estimate of drug-likeness (QED) is 0.366. The van der Waals surface area contributed by atoms with Crippen molar-refractivity contribution in [3.05, 3.63) is 81.9 Å². The van der Waals surface area contributed by atoms with Crippen LogP contribution in [0.5, 0.6) is 5.75 Å². The van der Waals surface area contributed by atoms with Crippen LogP contribution in [-0.4, -0.2) is 29.2 Å². The second kappa shape index (κ2) is 9.68. The van der Waals surface area contributed by atoms with Crippen LogP contribution in [0.3, 0.4) is 0 Å². The summed E-state index contributed by atoms with van der Waals surface area (Å²) < 4.78 is 11.4. The predicted molar refractivity (Wildman–Crippen MR) is 124 cm³/mol. The molecule has 2 heterocycles. The Morgan fingerprint density at radius 1 is 1.13 bits per heavy atom. The van der Waals surface area contributed by atoms with Gasteiger partial charge in [0.25, 0.3) is 11.1 Å². The summed E-state index contributed by atoms with van der Waals surface area (Å²) in [5.41, 5.74) is 1.08. The van der Waals surface area contributed by atoms with E-state index >= 15 is 0 Å². The molecule has 0 aliphatic carbocycles. The highest BCUT2D eigenvalue weighted by Gasteiger charge is 2.35. The largest absolute Gasteiger partial charge is 0.492 e. The molecule has 0 unspecified atom stereocenters. The van der Waals surface area contributed by atoms with Gasteiger partial charge >= 0.3 is 0 Å². The topological polar surface area (TPSA) is 59.8 Å². The molecule has 4 rings (SSSR count). The molecule has 1 saturated heterocycles. The molecule has 3 aromatic rings. The fourth-order valence-corrected chi connectivity index (χ4v) is 4.62. The van der Waals surface area contributed by atoms with Crippen molar-refractivity contribution in [2.24, 2.45) is 0 Å². The Hall–Kier alpha value is -2.61. The summed E-state index contributed by atoms with van der Waals surface area (Å²) in [5.74, 6) is 0.882. The van der Waals surface area contributed by atoms with Crippen LogP contribution in [0.4, 0.5) is 4.79 Å². The third-order valence-electron chi connectivity index (χ3n) is 4.35.